The normalized spacial score (nSPS) is 10.8. The first-order chi connectivity index (χ1) is 7.86. The van der Waals surface area contributed by atoms with E-state index >= 15 is 0 Å². The molecule has 2 nitrogen and oxygen atoms in total. The molecule has 1 aromatic heterocycles. The van der Waals surface area contributed by atoms with Gasteiger partial charge in [0.1, 0.15) is 5.58 Å². The Hall–Kier alpha value is -2.22. The SMILES string of the molecule is Nc1ccccc1-c1cccc2occc12. The van der Waals surface area contributed by atoms with Crippen molar-refractivity contribution >= 4 is 16.7 Å². The number of nitrogen functional groups attached to an aromatic ring is 1. The molecule has 0 saturated carbocycles. The lowest BCUT2D eigenvalue weighted by atomic mass is 10.0. The molecule has 78 valence electrons. The number of rotatable bonds is 1. The summed E-state index contributed by atoms with van der Waals surface area (Å²) in [6.07, 6.45) is 1.70. The van der Waals surface area contributed by atoms with Crippen molar-refractivity contribution < 1.29 is 4.42 Å². The highest BCUT2D eigenvalue weighted by atomic mass is 16.3. The molecule has 2 N–H and O–H groups in total. The molecule has 3 aromatic rings. The molecule has 0 atom stereocenters. The monoisotopic (exact) mass is 209 g/mol. The van der Waals surface area contributed by atoms with E-state index in [-0.39, 0.29) is 0 Å². The molecule has 0 spiro atoms. The van der Waals surface area contributed by atoms with E-state index in [1.54, 1.807) is 6.26 Å². The third-order valence-corrected chi connectivity index (χ3v) is 2.75. The molecule has 1 heterocycles. The summed E-state index contributed by atoms with van der Waals surface area (Å²) in [4.78, 5) is 0. The Balaban J connectivity index is 2.34. The second-order valence-corrected chi connectivity index (χ2v) is 3.73. The Labute approximate surface area is 93.3 Å². The minimum atomic E-state index is 0.788. The molecule has 3 rings (SSSR count). The van der Waals surface area contributed by atoms with Crippen LogP contribution in [-0.2, 0) is 0 Å². The van der Waals surface area contributed by atoms with E-state index in [4.69, 9.17) is 10.2 Å². The fourth-order valence-corrected chi connectivity index (χ4v) is 1.97. The van der Waals surface area contributed by atoms with E-state index in [0.29, 0.717) is 0 Å². The number of furan rings is 1. The lowest BCUT2D eigenvalue weighted by molar-refractivity contribution is 0.616. The van der Waals surface area contributed by atoms with Gasteiger partial charge in [0, 0.05) is 16.6 Å². The van der Waals surface area contributed by atoms with Gasteiger partial charge in [-0.2, -0.15) is 0 Å². The summed E-state index contributed by atoms with van der Waals surface area (Å²) < 4.78 is 5.38. The van der Waals surface area contributed by atoms with Gasteiger partial charge in [-0.25, -0.2) is 0 Å². The van der Waals surface area contributed by atoms with Crippen LogP contribution in [0.3, 0.4) is 0 Å². The second-order valence-electron chi connectivity index (χ2n) is 3.73. The molecule has 0 radical (unpaired) electrons. The number of fused-ring (bicyclic) bond motifs is 1. The first-order valence-electron chi connectivity index (χ1n) is 5.17. The van der Waals surface area contributed by atoms with Crippen LogP contribution in [0.15, 0.2) is 59.2 Å². The number of para-hydroxylation sites is 1. The van der Waals surface area contributed by atoms with Gasteiger partial charge in [-0.15, -0.1) is 0 Å². The van der Waals surface area contributed by atoms with Crippen LogP contribution < -0.4 is 5.73 Å². The van der Waals surface area contributed by atoms with Crippen LogP contribution in [0.1, 0.15) is 0 Å². The van der Waals surface area contributed by atoms with Crippen molar-refractivity contribution in [2.75, 3.05) is 5.73 Å². The third-order valence-electron chi connectivity index (χ3n) is 2.75. The van der Waals surface area contributed by atoms with E-state index in [1.807, 2.05) is 42.5 Å². The Morgan fingerprint density at radius 3 is 2.50 bits per heavy atom. The summed E-state index contributed by atoms with van der Waals surface area (Å²) in [5, 5.41) is 1.10. The third kappa shape index (κ3) is 1.27. The summed E-state index contributed by atoms with van der Waals surface area (Å²) in [6.45, 7) is 0. The predicted octanol–water partition coefficient (Wildman–Crippen LogP) is 3.68. The molecule has 0 amide bonds. The van der Waals surface area contributed by atoms with Gasteiger partial charge in [-0.3, -0.25) is 0 Å². The van der Waals surface area contributed by atoms with E-state index in [9.17, 15) is 0 Å². The molecule has 2 aromatic carbocycles. The van der Waals surface area contributed by atoms with Gasteiger partial charge in [-0.1, -0.05) is 30.3 Å². The Morgan fingerprint density at radius 1 is 0.812 bits per heavy atom. The van der Waals surface area contributed by atoms with Crippen LogP contribution in [0.4, 0.5) is 5.69 Å². The van der Waals surface area contributed by atoms with Gasteiger partial charge < -0.3 is 10.2 Å². The molecule has 0 unspecified atom stereocenters. The number of benzene rings is 2. The Bertz CT molecular complexity index is 640. The largest absolute Gasteiger partial charge is 0.464 e. The van der Waals surface area contributed by atoms with Crippen LogP contribution in [0.2, 0.25) is 0 Å². The number of hydrogen-bond acceptors (Lipinski definition) is 2. The average molecular weight is 209 g/mol. The van der Waals surface area contributed by atoms with Crippen LogP contribution in [-0.4, -0.2) is 0 Å². The van der Waals surface area contributed by atoms with Crippen molar-refractivity contribution in [3.05, 3.63) is 54.8 Å². The highest BCUT2D eigenvalue weighted by Crippen LogP contribution is 2.32. The standard InChI is InChI=1S/C14H11NO/c15-13-6-2-1-4-11(13)10-5-3-7-14-12(10)8-9-16-14/h1-9H,15H2. The number of hydrogen-bond donors (Lipinski definition) is 1. The predicted molar refractivity (Wildman–Crippen MR) is 66.1 cm³/mol. The van der Waals surface area contributed by atoms with Crippen molar-refractivity contribution in [3.8, 4) is 11.1 Å². The molecule has 0 aliphatic heterocycles. The van der Waals surface area contributed by atoms with Gasteiger partial charge in [0.2, 0.25) is 0 Å². The van der Waals surface area contributed by atoms with Crippen molar-refractivity contribution in [2.45, 2.75) is 0 Å². The summed E-state index contributed by atoms with van der Waals surface area (Å²) in [6, 6.07) is 15.8. The Kier molecular flexibility index (Phi) is 1.93. The average Bonchev–Trinajstić information content (AvgIpc) is 2.77. The molecule has 2 heteroatoms. The van der Waals surface area contributed by atoms with Gasteiger partial charge in [-0.05, 0) is 23.8 Å². The second kappa shape index (κ2) is 3.42. The van der Waals surface area contributed by atoms with Crippen molar-refractivity contribution in [1.29, 1.82) is 0 Å². The molecule has 0 aliphatic rings. The molecular formula is C14H11NO. The molecular weight excluding hydrogens is 198 g/mol. The van der Waals surface area contributed by atoms with E-state index < -0.39 is 0 Å². The topological polar surface area (TPSA) is 39.2 Å². The van der Waals surface area contributed by atoms with Crippen molar-refractivity contribution in [1.82, 2.24) is 0 Å². The van der Waals surface area contributed by atoms with E-state index in [0.717, 1.165) is 27.8 Å². The van der Waals surface area contributed by atoms with Gasteiger partial charge in [0.25, 0.3) is 0 Å². The fraction of sp³-hybridized carbons (Fsp3) is 0. The van der Waals surface area contributed by atoms with Gasteiger partial charge >= 0.3 is 0 Å². The van der Waals surface area contributed by atoms with Crippen LogP contribution in [0.5, 0.6) is 0 Å². The van der Waals surface area contributed by atoms with Crippen LogP contribution >= 0.6 is 0 Å². The van der Waals surface area contributed by atoms with Crippen molar-refractivity contribution in [2.24, 2.45) is 0 Å². The maximum Gasteiger partial charge on any atom is 0.134 e. The summed E-state index contributed by atoms with van der Waals surface area (Å²) >= 11 is 0. The first-order valence-corrected chi connectivity index (χ1v) is 5.17. The molecule has 0 aliphatic carbocycles. The lowest BCUT2D eigenvalue weighted by Crippen LogP contribution is -1.89. The maximum absolute atomic E-state index is 5.98. The van der Waals surface area contributed by atoms with E-state index in [1.165, 1.54) is 0 Å². The summed E-state index contributed by atoms with van der Waals surface area (Å²) in [7, 11) is 0. The quantitative estimate of drug-likeness (QED) is 0.621. The molecule has 0 fully saturated rings. The zero-order valence-corrected chi connectivity index (χ0v) is 8.68. The van der Waals surface area contributed by atoms with Crippen LogP contribution in [0.25, 0.3) is 22.1 Å². The summed E-state index contributed by atoms with van der Waals surface area (Å²) in [5.74, 6) is 0. The minimum Gasteiger partial charge on any atom is -0.464 e. The number of nitrogens with two attached hydrogens (primary N) is 1. The highest BCUT2D eigenvalue weighted by Gasteiger charge is 2.07. The zero-order valence-electron chi connectivity index (χ0n) is 8.68. The first kappa shape index (κ1) is 9.04. The van der Waals surface area contributed by atoms with Crippen LogP contribution in [0, 0.1) is 0 Å². The number of anilines is 1. The van der Waals surface area contributed by atoms with E-state index in [2.05, 4.69) is 6.07 Å². The lowest BCUT2D eigenvalue weighted by Gasteiger charge is -2.06. The smallest absolute Gasteiger partial charge is 0.134 e. The van der Waals surface area contributed by atoms with Gasteiger partial charge in [0.15, 0.2) is 0 Å². The zero-order chi connectivity index (χ0) is 11.0. The fourth-order valence-electron chi connectivity index (χ4n) is 1.97. The molecule has 0 saturated heterocycles. The summed E-state index contributed by atoms with van der Waals surface area (Å²) in [5.41, 5.74) is 9.83. The van der Waals surface area contributed by atoms with Crippen molar-refractivity contribution in [3.63, 3.8) is 0 Å². The highest BCUT2D eigenvalue weighted by molar-refractivity contribution is 5.96. The minimum absolute atomic E-state index is 0.788. The Morgan fingerprint density at radius 2 is 1.62 bits per heavy atom. The molecule has 16 heavy (non-hydrogen) atoms. The van der Waals surface area contributed by atoms with Gasteiger partial charge in [0.05, 0.1) is 6.26 Å². The molecule has 0 bridgehead atoms. The maximum atomic E-state index is 5.98.